The van der Waals surface area contributed by atoms with E-state index in [-0.39, 0.29) is 12.7 Å². The zero-order valence-corrected chi connectivity index (χ0v) is 23.9. The molecule has 0 aliphatic rings. The van der Waals surface area contributed by atoms with Crippen molar-refractivity contribution in [2.45, 2.75) is 40.0 Å². The first kappa shape index (κ1) is 27.8. The Hall–Kier alpha value is -4.71. The third-order valence-electron chi connectivity index (χ3n) is 6.88. The zero-order chi connectivity index (χ0) is 28.8. The molecular formula is C35H35NO5. The second-order valence-corrected chi connectivity index (χ2v) is 10.2. The normalized spacial score (nSPS) is 11.0. The monoisotopic (exact) mass is 549 g/mol. The lowest BCUT2D eigenvalue weighted by molar-refractivity contribution is -0.142. The summed E-state index contributed by atoms with van der Waals surface area (Å²) < 4.78 is 24.6. The maximum Gasteiger partial charge on any atom is 0.343 e. The number of nitrogens with zero attached hydrogens (tertiary/aromatic N) is 1. The summed E-state index contributed by atoms with van der Waals surface area (Å²) in [6, 6.07) is 32.6. The van der Waals surface area contributed by atoms with Crippen LogP contribution in [0.15, 0.2) is 97.1 Å². The molecule has 0 atom stereocenters. The maximum atomic E-state index is 11.4. The van der Waals surface area contributed by atoms with Crippen molar-refractivity contribution >= 4 is 16.9 Å². The molecule has 5 aromatic rings. The van der Waals surface area contributed by atoms with E-state index in [0.717, 1.165) is 44.8 Å². The highest BCUT2D eigenvalue weighted by molar-refractivity contribution is 5.92. The second kappa shape index (κ2) is 12.6. The van der Waals surface area contributed by atoms with Crippen molar-refractivity contribution in [2.24, 2.45) is 0 Å². The zero-order valence-electron chi connectivity index (χ0n) is 23.9. The minimum absolute atomic E-state index is 0.114. The molecule has 0 fully saturated rings. The Morgan fingerprint density at radius 3 is 2.15 bits per heavy atom. The van der Waals surface area contributed by atoms with Gasteiger partial charge in [0.05, 0.1) is 18.9 Å². The third kappa shape index (κ3) is 6.72. The molecule has 1 heterocycles. The van der Waals surface area contributed by atoms with Gasteiger partial charge < -0.3 is 23.5 Å². The van der Waals surface area contributed by atoms with Crippen LogP contribution < -0.4 is 14.2 Å². The van der Waals surface area contributed by atoms with E-state index in [4.69, 9.17) is 14.2 Å². The highest BCUT2D eigenvalue weighted by Crippen LogP contribution is 2.37. The largest absolute Gasteiger partial charge is 0.491 e. The highest BCUT2D eigenvalue weighted by atomic mass is 16.6. The van der Waals surface area contributed by atoms with E-state index in [2.05, 4.69) is 52.6 Å². The van der Waals surface area contributed by atoms with Gasteiger partial charge >= 0.3 is 5.97 Å². The fourth-order valence-corrected chi connectivity index (χ4v) is 4.91. The maximum absolute atomic E-state index is 11.4. The lowest BCUT2D eigenvalue weighted by Crippen LogP contribution is -2.12. The third-order valence-corrected chi connectivity index (χ3v) is 6.88. The van der Waals surface area contributed by atoms with Crippen LogP contribution in [0.5, 0.6) is 17.2 Å². The Morgan fingerprint density at radius 1 is 0.780 bits per heavy atom. The molecule has 0 unspecified atom stereocenters. The van der Waals surface area contributed by atoms with Crippen molar-refractivity contribution < 1.29 is 23.7 Å². The summed E-state index contributed by atoms with van der Waals surface area (Å²) in [5.74, 6) is 1.89. The standard InChI is InChI=1S/C35H35NO5/c1-24(2)41-30-16-12-28(13-17-30)35-25(3)32-20-31(39-22-27-8-6-5-7-9-27)18-19-33(32)36(35)21-26-10-14-29(15-11-26)40-23-34(37)38-4/h5-20,24H,21-23H2,1-4H3. The number of ether oxygens (including phenoxy) is 4. The molecule has 0 N–H and O–H groups in total. The summed E-state index contributed by atoms with van der Waals surface area (Å²) in [6.07, 6.45) is 0.114. The Labute approximate surface area is 241 Å². The Balaban J connectivity index is 1.48. The Kier molecular flexibility index (Phi) is 8.59. The number of rotatable bonds is 11. The summed E-state index contributed by atoms with van der Waals surface area (Å²) in [5, 5.41) is 1.14. The average Bonchev–Trinajstić information content (AvgIpc) is 3.26. The molecule has 210 valence electrons. The van der Waals surface area contributed by atoms with Crippen molar-refractivity contribution in [3.63, 3.8) is 0 Å². The number of carbonyl (C=O) groups excluding carboxylic acids is 1. The molecule has 1 aromatic heterocycles. The van der Waals surface area contributed by atoms with Gasteiger partial charge in [0.15, 0.2) is 6.61 Å². The number of hydrogen-bond acceptors (Lipinski definition) is 5. The van der Waals surface area contributed by atoms with Crippen molar-refractivity contribution in [1.29, 1.82) is 0 Å². The number of benzene rings is 4. The molecule has 6 heteroatoms. The first-order chi connectivity index (χ1) is 19.9. The summed E-state index contributed by atoms with van der Waals surface area (Å²) in [6.45, 7) is 7.27. The van der Waals surface area contributed by atoms with E-state index in [9.17, 15) is 4.79 Å². The van der Waals surface area contributed by atoms with Crippen LogP contribution in [-0.2, 0) is 22.7 Å². The molecule has 41 heavy (non-hydrogen) atoms. The van der Waals surface area contributed by atoms with Crippen LogP contribution in [0.25, 0.3) is 22.2 Å². The molecule has 5 rings (SSSR count). The topological polar surface area (TPSA) is 58.9 Å². The number of methoxy groups -OCH3 is 1. The lowest BCUT2D eigenvalue weighted by Gasteiger charge is -2.14. The molecule has 0 bridgehead atoms. The molecule has 0 amide bonds. The van der Waals surface area contributed by atoms with E-state index in [1.54, 1.807) is 0 Å². The molecule has 0 saturated carbocycles. The SMILES string of the molecule is COC(=O)COc1ccc(Cn2c(-c3ccc(OC(C)C)cc3)c(C)c3cc(OCc4ccccc4)ccc32)cc1. The quantitative estimate of drug-likeness (QED) is 0.159. The summed E-state index contributed by atoms with van der Waals surface area (Å²) in [7, 11) is 1.35. The van der Waals surface area contributed by atoms with Gasteiger partial charge in [-0.25, -0.2) is 4.79 Å². The van der Waals surface area contributed by atoms with Crippen molar-refractivity contribution in [3.8, 4) is 28.5 Å². The molecule has 0 saturated heterocycles. The molecule has 0 aliphatic carbocycles. The van der Waals surface area contributed by atoms with Crippen LogP contribution in [0.4, 0.5) is 0 Å². The summed E-state index contributed by atoms with van der Waals surface area (Å²) in [5.41, 5.74) is 6.80. The first-order valence-corrected chi connectivity index (χ1v) is 13.8. The van der Waals surface area contributed by atoms with Gasteiger partial charge in [0.25, 0.3) is 0 Å². The molecule has 4 aromatic carbocycles. The minimum Gasteiger partial charge on any atom is -0.491 e. The van der Waals surface area contributed by atoms with Gasteiger partial charge in [0.1, 0.15) is 23.9 Å². The molecule has 0 spiro atoms. The van der Waals surface area contributed by atoms with Gasteiger partial charge in [-0.05, 0) is 97.6 Å². The predicted octanol–water partition coefficient (Wildman–Crippen LogP) is 7.58. The second-order valence-electron chi connectivity index (χ2n) is 10.2. The summed E-state index contributed by atoms with van der Waals surface area (Å²) in [4.78, 5) is 11.4. The predicted molar refractivity (Wildman–Crippen MR) is 162 cm³/mol. The number of carbonyl (C=O) groups is 1. The van der Waals surface area contributed by atoms with Crippen molar-refractivity contribution in [2.75, 3.05) is 13.7 Å². The van der Waals surface area contributed by atoms with Crippen LogP contribution in [0.3, 0.4) is 0 Å². The van der Waals surface area contributed by atoms with Crippen LogP contribution in [0.1, 0.15) is 30.5 Å². The van der Waals surface area contributed by atoms with E-state index < -0.39 is 5.97 Å². The number of aryl methyl sites for hydroxylation is 1. The van der Waals surface area contributed by atoms with E-state index in [0.29, 0.717) is 18.9 Å². The molecule has 6 nitrogen and oxygen atoms in total. The van der Waals surface area contributed by atoms with E-state index >= 15 is 0 Å². The Bertz CT molecular complexity index is 1600. The van der Waals surface area contributed by atoms with E-state index in [1.165, 1.54) is 12.7 Å². The van der Waals surface area contributed by atoms with Gasteiger partial charge in [-0.15, -0.1) is 0 Å². The fourth-order valence-electron chi connectivity index (χ4n) is 4.91. The van der Waals surface area contributed by atoms with Crippen LogP contribution in [-0.4, -0.2) is 30.4 Å². The summed E-state index contributed by atoms with van der Waals surface area (Å²) >= 11 is 0. The van der Waals surface area contributed by atoms with Gasteiger partial charge in [0.2, 0.25) is 0 Å². The number of aromatic nitrogens is 1. The van der Waals surface area contributed by atoms with Gasteiger partial charge in [-0.3, -0.25) is 0 Å². The van der Waals surface area contributed by atoms with Crippen LogP contribution in [0, 0.1) is 6.92 Å². The van der Waals surface area contributed by atoms with Gasteiger partial charge in [0, 0.05) is 17.4 Å². The highest BCUT2D eigenvalue weighted by Gasteiger charge is 2.18. The lowest BCUT2D eigenvalue weighted by atomic mass is 10.1. The first-order valence-electron chi connectivity index (χ1n) is 13.8. The average molecular weight is 550 g/mol. The van der Waals surface area contributed by atoms with Crippen molar-refractivity contribution in [3.05, 3.63) is 114 Å². The van der Waals surface area contributed by atoms with Gasteiger partial charge in [-0.2, -0.15) is 0 Å². The fraction of sp³-hybridized carbons (Fsp3) is 0.229. The number of fused-ring (bicyclic) bond motifs is 1. The van der Waals surface area contributed by atoms with Gasteiger partial charge in [-0.1, -0.05) is 42.5 Å². The molecular weight excluding hydrogens is 514 g/mol. The van der Waals surface area contributed by atoms with Crippen LogP contribution in [0.2, 0.25) is 0 Å². The number of hydrogen-bond donors (Lipinski definition) is 0. The van der Waals surface area contributed by atoms with Crippen molar-refractivity contribution in [1.82, 2.24) is 4.57 Å². The number of esters is 1. The smallest absolute Gasteiger partial charge is 0.343 e. The minimum atomic E-state index is -0.412. The van der Waals surface area contributed by atoms with E-state index in [1.807, 2.05) is 74.5 Å². The molecule has 0 radical (unpaired) electrons. The molecule has 0 aliphatic heterocycles. The Morgan fingerprint density at radius 2 is 1.46 bits per heavy atom. The van der Waals surface area contributed by atoms with Crippen LogP contribution >= 0.6 is 0 Å².